The zero-order valence-electron chi connectivity index (χ0n) is 8.22. The van der Waals surface area contributed by atoms with Crippen molar-refractivity contribution in [3.05, 3.63) is 28.5 Å². The van der Waals surface area contributed by atoms with Gasteiger partial charge in [0.05, 0.1) is 13.0 Å². The van der Waals surface area contributed by atoms with Crippen molar-refractivity contribution in [2.45, 2.75) is 13.3 Å². The summed E-state index contributed by atoms with van der Waals surface area (Å²) < 4.78 is 18.0. The van der Waals surface area contributed by atoms with E-state index in [0.29, 0.717) is 0 Å². The first-order valence-corrected chi connectivity index (χ1v) is 4.81. The lowest BCUT2D eigenvalue weighted by Gasteiger charge is -2.07. The van der Waals surface area contributed by atoms with Crippen LogP contribution in [0.5, 0.6) is 0 Å². The first-order valence-electron chi connectivity index (χ1n) is 4.43. The van der Waals surface area contributed by atoms with Gasteiger partial charge in [-0.1, -0.05) is 11.6 Å². The van der Waals surface area contributed by atoms with Crippen molar-refractivity contribution in [3.8, 4) is 0 Å². The van der Waals surface area contributed by atoms with E-state index in [4.69, 9.17) is 22.1 Å². The molecular weight excluding hydrogens is 221 g/mol. The van der Waals surface area contributed by atoms with E-state index in [0.717, 1.165) is 6.07 Å². The zero-order chi connectivity index (χ0) is 11.4. The second-order valence-corrected chi connectivity index (χ2v) is 3.37. The van der Waals surface area contributed by atoms with Crippen LogP contribution in [0.2, 0.25) is 5.02 Å². The third kappa shape index (κ3) is 3.09. The molecule has 15 heavy (non-hydrogen) atoms. The van der Waals surface area contributed by atoms with Gasteiger partial charge in [-0.15, -0.1) is 0 Å². The molecular formula is C10H11ClFNO2. The molecule has 0 radical (unpaired) electrons. The van der Waals surface area contributed by atoms with Crippen LogP contribution >= 0.6 is 11.6 Å². The number of anilines is 1. The van der Waals surface area contributed by atoms with Crippen molar-refractivity contribution in [1.29, 1.82) is 0 Å². The normalized spacial score (nSPS) is 10.1. The summed E-state index contributed by atoms with van der Waals surface area (Å²) in [6, 6.07) is 2.52. The van der Waals surface area contributed by atoms with E-state index in [9.17, 15) is 9.18 Å². The molecule has 0 aliphatic carbocycles. The Kier molecular flexibility index (Phi) is 3.91. The fourth-order valence-corrected chi connectivity index (χ4v) is 1.38. The van der Waals surface area contributed by atoms with Crippen LogP contribution in [-0.2, 0) is 16.0 Å². The van der Waals surface area contributed by atoms with E-state index < -0.39 is 11.8 Å². The van der Waals surface area contributed by atoms with Crippen molar-refractivity contribution >= 4 is 23.3 Å². The highest BCUT2D eigenvalue weighted by molar-refractivity contribution is 6.30. The Bertz CT molecular complexity index is 359. The first kappa shape index (κ1) is 11.8. The molecule has 0 saturated carbocycles. The van der Waals surface area contributed by atoms with Gasteiger partial charge in [0.1, 0.15) is 5.82 Å². The fraction of sp³-hybridized carbons (Fsp3) is 0.300. The zero-order valence-corrected chi connectivity index (χ0v) is 8.97. The number of carbonyl (C=O) groups is 1. The number of nitrogens with two attached hydrogens (primary N) is 1. The molecule has 1 aromatic carbocycles. The molecule has 0 heterocycles. The number of hydrogen-bond acceptors (Lipinski definition) is 3. The summed E-state index contributed by atoms with van der Waals surface area (Å²) in [7, 11) is 0. The quantitative estimate of drug-likeness (QED) is 0.641. The molecule has 5 heteroatoms. The second kappa shape index (κ2) is 4.98. The van der Waals surface area contributed by atoms with Gasteiger partial charge in [0, 0.05) is 16.3 Å². The maximum atomic E-state index is 13.3. The molecule has 0 aromatic heterocycles. The number of rotatable bonds is 3. The van der Waals surface area contributed by atoms with E-state index >= 15 is 0 Å². The molecule has 0 aliphatic rings. The van der Waals surface area contributed by atoms with E-state index in [1.165, 1.54) is 6.07 Å². The molecule has 82 valence electrons. The molecule has 0 amide bonds. The average molecular weight is 232 g/mol. The van der Waals surface area contributed by atoms with Crippen LogP contribution in [-0.4, -0.2) is 12.6 Å². The number of ether oxygens (including phenoxy) is 1. The number of nitrogen functional groups attached to an aromatic ring is 1. The Labute approximate surface area is 92.0 Å². The maximum absolute atomic E-state index is 13.3. The number of halogens is 2. The van der Waals surface area contributed by atoms with Gasteiger partial charge in [0.2, 0.25) is 0 Å². The third-order valence-electron chi connectivity index (χ3n) is 1.82. The highest BCUT2D eigenvalue weighted by atomic mass is 35.5. The van der Waals surface area contributed by atoms with Crippen LogP contribution in [0.25, 0.3) is 0 Å². The lowest BCUT2D eigenvalue weighted by atomic mass is 10.1. The molecule has 0 spiro atoms. The Morgan fingerprint density at radius 2 is 2.27 bits per heavy atom. The summed E-state index contributed by atoms with van der Waals surface area (Å²) in [4.78, 5) is 11.1. The summed E-state index contributed by atoms with van der Waals surface area (Å²) in [5.41, 5.74) is 5.82. The van der Waals surface area contributed by atoms with Gasteiger partial charge in [0.15, 0.2) is 0 Å². The Morgan fingerprint density at radius 1 is 1.60 bits per heavy atom. The van der Waals surface area contributed by atoms with Crippen LogP contribution in [0, 0.1) is 5.82 Å². The number of hydrogen-bond donors (Lipinski definition) is 1. The molecule has 0 fully saturated rings. The van der Waals surface area contributed by atoms with Gasteiger partial charge >= 0.3 is 5.97 Å². The van der Waals surface area contributed by atoms with Crippen LogP contribution in [0.4, 0.5) is 10.1 Å². The van der Waals surface area contributed by atoms with E-state index in [1.54, 1.807) is 6.92 Å². The van der Waals surface area contributed by atoms with Gasteiger partial charge < -0.3 is 10.5 Å². The van der Waals surface area contributed by atoms with Gasteiger partial charge in [-0.2, -0.15) is 0 Å². The molecule has 2 N–H and O–H groups in total. The van der Waals surface area contributed by atoms with Crippen molar-refractivity contribution in [3.63, 3.8) is 0 Å². The van der Waals surface area contributed by atoms with E-state index in [2.05, 4.69) is 0 Å². The molecule has 0 bridgehead atoms. The number of carbonyl (C=O) groups excluding carboxylic acids is 1. The monoisotopic (exact) mass is 231 g/mol. The van der Waals surface area contributed by atoms with Crippen LogP contribution in [0.1, 0.15) is 12.5 Å². The number of benzene rings is 1. The Morgan fingerprint density at radius 3 is 2.80 bits per heavy atom. The Balaban J connectivity index is 2.90. The lowest BCUT2D eigenvalue weighted by molar-refractivity contribution is -0.142. The van der Waals surface area contributed by atoms with E-state index in [1.807, 2.05) is 0 Å². The third-order valence-corrected chi connectivity index (χ3v) is 2.04. The van der Waals surface area contributed by atoms with Crippen molar-refractivity contribution in [1.82, 2.24) is 0 Å². The van der Waals surface area contributed by atoms with Crippen LogP contribution in [0.3, 0.4) is 0 Å². The van der Waals surface area contributed by atoms with Gasteiger partial charge in [-0.3, -0.25) is 4.79 Å². The smallest absolute Gasteiger partial charge is 0.310 e. The minimum atomic E-state index is -0.590. The second-order valence-electron chi connectivity index (χ2n) is 2.94. The lowest BCUT2D eigenvalue weighted by Crippen LogP contribution is -2.10. The molecule has 1 rings (SSSR count). The predicted molar refractivity (Wildman–Crippen MR) is 56.2 cm³/mol. The standard InChI is InChI=1S/C10H11ClFNO2/c1-2-15-10(14)5-7-8(12)3-6(11)4-9(7)13/h3-4H,2,5,13H2,1H3. The largest absolute Gasteiger partial charge is 0.466 e. The Hall–Kier alpha value is -1.29. The maximum Gasteiger partial charge on any atom is 0.310 e. The molecule has 1 aromatic rings. The summed E-state index contributed by atoms with van der Waals surface area (Å²) in [5, 5.41) is 0.206. The van der Waals surface area contributed by atoms with Gasteiger partial charge in [-0.25, -0.2) is 4.39 Å². The number of esters is 1. The summed E-state index contributed by atoms with van der Waals surface area (Å²) in [5.74, 6) is -1.10. The molecule has 0 atom stereocenters. The minimum absolute atomic E-state index is 0.123. The SMILES string of the molecule is CCOC(=O)Cc1c(N)cc(Cl)cc1F. The van der Waals surface area contributed by atoms with Crippen molar-refractivity contribution < 1.29 is 13.9 Å². The van der Waals surface area contributed by atoms with Crippen molar-refractivity contribution in [2.75, 3.05) is 12.3 Å². The minimum Gasteiger partial charge on any atom is -0.466 e. The van der Waals surface area contributed by atoms with Crippen molar-refractivity contribution in [2.24, 2.45) is 0 Å². The molecule has 0 aliphatic heterocycles. The molecule has 0 saturated heterocycles. The highest BCUT2D eigenvalue weighted by Crippen LogP contribution is 2.22. The molecule has 0 unspecified atom stereocenters. The van der Waals surface area contributed by atoms with Crippen LogP contribution < -0.4 is 5.73 Å². The first-order chi connectivity index (χ1) is 7.04. The molecule has 3 nitrogen and oxygen atoms in total. The predicted octanol–water partition coefficient (Wildman–Crippen LogP) is 2.17. The average Bonchev–Trinajstić information content (AvgIpc) is 2.11. The summed E-state index contributed by atoms with van der Waals surface area (Å²) in [6.45, 7) is 1.94. The fourth-order valence-electron chi connectivity index (χ4n) is 1.17. The van der Waals surface area contributed by atoms with Gasteiger partial charge in [0.25, 0.3) is 0 Å². The van der Waals surface area contributed by atoms with Crippen LogP contribution in [0.15, 0.2) is 12.1 Å². The van der Waals surface area contributed by atoms with E-state index in [-0.39, 0.29) is 29.3 Å². The van der Waals surface area contributed by atoms with Gasteiger partial charge in [-0.05, 0) is 19.1 Å². The summed E-state index contributed by atoms with van der Waals surface area (Å²) in [6.07, 6.45) is -0.178. The topological polar surface area (TPSA) is 52.3 Å². The highest BCUT2D eigenvalue weighted by Gasteiger charge is 2.13. The summed E-state index contributed by atoms with van der Waals surface area (Å²) >= 11 is 5.58.